The molecule has 0 aliphatic carbocycles. The Morgan fingerprint density at radius 1 is 1.26 bits per heavy atom. The molecule has 1 amide bonds. The molecule has 1 N–H and O–H groups in total. The lowest BCUT2D eigenvalue weighted by Gasteiger charge is -2.26. The van der Waals surface area contributed by atoms with Crippen LogP contribution in [-0.2, 0) is 11.2 Å². The minimum absolute atomic E-state index is 0.117. The molecule has 2 rings (SSSR count). The summed E-state index contributed by atoms with van der Waals surface area (Å²) in [6, 6.07) is 6.19. The third-order valence-corrected chi connectivity index (χ3v) is 3.82. The maximum Gasteiger partial charge on any atom is 0.238 e. The normalized spacial score (nSPS) is 16.3. The summed E-state index contributed by atoms with van der Waals surface area (Å²) < 4.78 is 0. The third kappa shape index (κ3) is 3.80. The summed E-state index contributed by atoms with van der Waals surface area (Å²) >= 11 is 0. The number of para-hydroxylation sites is 1. The van der Waals surface area contributed by atoms with Crippen molar-refractivity contribution in [1.29, 1.82) is 0 Å². The largest absolute Gasteiger partial charge is 0.324 e. The van der Waals surface area contributed by atoms with Crippen molar-refractivity contribution < 1.29 is 4.79 Å². The molecule has 0 unspecified atom stereocenters. The van der Waals surface area contributed by atoms with E-state index in [2.05, 4.69) is 42.3 Å². The molecule has 1 fully saturated rings. The molecule has 1 aliphatic heterocycles. The maximum absolute atomic E-state index is 12.1. The monoisotopic (exact) mass is 260 g/mol. The van der Waals surface area contributed by atoms with Crippen LogP contribution in [0.15, 0.2) is 18.2 Å². The Balaban J connectivity index is 1.98. The smallest absolute Gasteiger partial charge is 0.238 e. The highest BCUT2D eigenvalue weighted by atomic mass is 16.2. The van der Waals surface area contributed by atoms with Crippen LogP contribution in [0.25, 0.3) is 0 Å². The van der Waals surface area contributed by atoms with Gasteiger partial charge in [0.15, 0.2) is 0 Å². The fourth-order valence-electron chi connectivity index (χ4n) is 2.70. The van der Waals surface area contributed by atoms with Crippen LogP contribution >= 0.6 is 0 Å². The number of hydrogen-bond donors (Lipinski definition) is 1. The lowest BCUT2D eigenvalue weighted by molar-refractivity contribution is -0.117. The second-order valence-corrected chi connectivity index (χ2v) is 5.35. The van der Waals surface area contributed by atoms with E-state index in [1.165, 1.54) is 24.8 Å². The van der Waals surface area contributed by atoms with Crippen molar-refractivity contribution in [3.63, 3.8) is 0 Å². The van der Waals surface area contributed by atoms with Crippen LogP contribution in [0.5, 0.6) is 0 Å². The highest BCUT2D eigenvalue weighted by molar-refractivity contribution is 5.93. The van der Waals surface area contributed by atoms with Gasteiger partial charge in [-0.05, 0) is 50.4 Å². The van der Waals surface area contributed by atoms with Gasteiger partial charge in [0.05, 0.1) is 6.54 Å². The van der Waals surface area contributed by atoms with Crippen molar-refractivity contribution in [2.45, 2.75) is 39.5 Å². The quantitative estimate of drug-likeness (QED) is 0.902. The van der Waals surface area contributed by atoms with E-state index >= 15 is 0 Å². The van der Waals surface area contributed by atoms with Gasteiger partial charge >= 0.3 is 0 Å². The van der Waals surface area contributed by atoms with Crippen LogP contribution in [0.3, 0.4) is 0 Å². The lowest BCUT2D eigenvalue weighted by Crippen LogP contribution is -2.37. The number of anilines is 1. The van der Waals surface area contributed by atoms with Gasteiger partial charge in [-0.3, -0.25) is 9.69 Å². The summed E-state index contributed by atoms with van der Waals surface area (Å²) in [5.74, 6) is 0.117. The van der Waals surface area contributed by atoms with E-state index in [4.69, 9.17) is 0 Å². The first-order valence-corrected chi connectivity index (χ1v) is 7.31. The average Bonchev–Trinajstić information content (AvgIpc) is 2.42. The van der Waals surface area contributed by atoms with Crippen molar-refractivity contribution in [1.82, 2.24) is 4.90 Å². The maximum atomic E-state index is 12.1. The molecule has 1 aromatic rings. The molecule has 1 aromatic carbocycles. The van der Waals surface area contributed by atoms with Gasteiger partial charge in [-0.1, -0.05) is 31.5 Å². The minimum Gasteiger partial charge on any atom is -0.324 e. The zero-order valence-electron chi connectivity index (χ0n) is 12.0. The number of amides is 1. The van der Waals surface area contributed by atoms with Gasteiger partial charge in [-0.15, -0.1) is 0 Å². The van der Waals surface area contributed by atoms with Gasteiger partial charge < -0.3 is 5.32 Å². The molecule has 0 aromatic heterocycles. The summed E-state index contributed by atoms with van der Waals surface area (Å²) in [7, 11) is 0. The number of carbonyl (C=O) groups excluding carboxylic acids is 1. The predicted molar refractivity (Wildman–Crippen MR) is 79.5 cm³/mol. The molecular weight excluding hydrogens is 236 g/mol. The second kappa shape index (κ2) is 6.71. The van der Waals surface area contributed by atoms with Crippen molar-refractivity contribution >= 4 is 11.6 Å². The van der Waals surface area contributed by atoms with Crippen LogP contribution < -0.4 is 5.32 Å². The van der Waals surface area contributed by atoms with E-state index in [9.17, 15) is 4.79 Å². The number of hydrogen-bond acceptors (Lipinski definition) is 2. The minimum atomic E-state index is 0.117. The number of likely N-dealkylation sites (tertiary alicyclic amines) is 1. The number of nitrogens with zero attached hydrogens (tertiary/aromatic N) is 1. The van der Waals surface area contributed by atoms with Crippen LogP contribution in [0.1, 0.15) is 37.3 Å². The van der Waals surface area contributed by atoms with Crippen molar-refractivity contribution in [2.24, 2.45) is 0 Å². The summed E-state index contributed by atoms with van der Waals surface area (Å²) in [5, 5.41) is 3.10. The van der Waals surface area contributed by atoms with Crippen LogP contribution in [0.2, 0.25) is 0 Å². The Kier molecular flexibility index (Phi) is 4.97. The number of piperidine rings is 1. The molecule has 0 saturated carbocycles. The van der Waals surface area contributed by atoms with E-state index in [1.807, 2.05) is 0 Å². The lowest BCUT2D eigenvalue weighted by atomic mass is 10.1. The summed E-state index contributed by atoms with van der Waals surface area (Å²) in [6.45, 7) is 6.81. The fraction of sp³-hybridized carbons (Fsp3) is 0.562. The molecule has 0 spiro atoms. The zero-order chi connectivity index (χ0) is 13.7. The van der Waals surface area contributed by atoms with E-state index in [0.717, 1.165) is 30.8 Å². The number of carbonyl (C=O) groups is 1. The summed E-state index contributed by atoms with van der Waals surface area (Å²) in [4.78, 5) is 14.4. The topological polar surface area (TPSA) is 32.3 Å². The SMILES string of the molecule is CCc1cccc(C)c1NC(=O)CN1CCCCC1. The fourth-order valence-corrected chi connectivity index (χ4v) is 2.70. The van der Waals surface area contributed by atoms with Crippen LogP contribution in [0.4, 0.5) is 5.69 Å². The highest BCUT2D eigenvalue weighted by Gasteiger charge is 2.15. The Hall–Kier alpha value is -1.35. The first-order valence-electron chi connectivity index (χ1n) is 7.31. The molecule has 0 bridgehead atoms. The van der Waals surface area contributed by atoms with Crippen molar-refractivity contribution in [3.8, 4) is 0 Å². The molecule has 3 heteroatoms. The first kappa shape index (κ1) is 14.1. The van der Waals surface area contributed by atoms with Gasteiger partial charge in [0.2, 0.25) is 5.91 Å². The van der Waals surface area contributed by atoms with E-state index in [1.54, 1.807) is 0 Å². The molecule has 1 heterocycles. The number of rotatable bonds is 4. The van der Waals surface area contributed by atoms with Gasteiger partial charge in [-0.25, -0.2) is 0 Å². The third-order valence-electron chi connectivity index (χ3n) is 3.82. The predicted octanol–water partition coefficient (Wildman–Crippen LogP) is 2.98. The molecule has 0 atom stereocenters. The van der Waals surface area contributed by atoms with E-state index < -0.39 is 0 Å². The zero-order valence-corrected chi connectivity index (χ0v) is 12.0. The molecule has 0 radical (unpaired) electrons. The van der Waals surface area contributed by atoms with E-state index in [0.29, 0.717) is 6.54 Å². The molecule has 3 nitrogen and oxygen atoms in total. The summed E-state index contributed by atoms with van der Waals surface area (Å²) in [6.07, 6.45) is 4.69. The van der Waals surface area contributed by atoms with Crippen molar-refractivity contribution in [3.05, 3.63) is 29.3 Å². The van der Waals surface area contributed by atoms with Gasteiger partial charge in [-0.2, -0.15) is 0 Å². The molecule has 104 valence electrons. The van der Waals surface area contributed by atoms with Crippen LogP contribution in [-0.4, -0.2) is 30.4 Å². The van der Waals surface area contributed by atoms with Crippen molar-refractivity contribution in [2.75, 3.05) is 25.0 Å². The highest BCUT2D eigenvalue weighted by Crippen LogP contribution is 2.21. The van der Waals surface area contributed by atoms with Gasteiger partial charge in [0.25, 0.3) is 0 Å². The molecule has 19 heavy (non-hydrogen) atoms. The number of nitrogens with one attached hydrogen (secondary N) is 1. The van der Waals surface area contributed by atoms with Crippen LogP contribution in [0, 0.1) is 6.92 Å². The van der Waals surface area contributed by atoms with Gasteiger partial charge in [0, 0.05) is 5.69 Å². The standard InChI is InChI=1S/C16H24N2O/c1-3-14-9-7-8-13(2)16(14)17-15(19)12-18-10-5-4-6-11-18/h7-9H,3-6,10-12H2,1-2H3,(H,17,19). The second-order valence-electron chi connectivity index (χ2n) is 5.35. The average molecular weight is 260 g/mol. The molecule has 1 saturated heterocycles. The number of benzene rings is 1. The molecule has 1 aliphatic rings. The Bertz CT molecular complexity index is 436. The summed E-state index contributed by atoms with van der Waals surface area (Å²) in [5.41, 5.74) is 3.37. The Morgan fingerprint density at radius 3 is 2.68 bits per heavy atom. The van der Waals surface area contributed by atoms with Gasteiger partial charge in [0.1, 0.15) is 0 Å². The molecular formula is C16H24N2O. The van der Waals surface area contributed by atoms with E-state index in [-0.39, 0.29) is 5.91 Å². The first-order chi connectivity index (χ1) is 9.20. The Morgan fingerprint density at radius 2 is 2.00 bits per heavy atom. The Labute approximate surface area is 116 Å². The number of aryl methyl sites for hydroxylation is 2.